The molecular formula is C20H23NO4. The summed E-state index contributed by atoms with van der Waals surface area (Å²) in [5, 5.41) is 8.86. The Morgan fingerprint density at radius 2 is 1.44 bits per heavy atom. The van der Waals surface area contributed by atoms with Crippen molar-refractivity contribution < 1.29 is 19.4 Å². The number of hydrogen-bond donors (Lipinski definition) is 1. The molecule has 0 aliphatic carbocycles. The molecule has 0 radical (unpaired) electrons. The zero-order chi connectivity index (χ0) is 17.6. The SMILES string of the molecule is CC(Oc1ccc(Oc2ccc(N3CCCCC3)cc2)cc1)C(=O)O. The molecule has 0 amide bonds. The van der Waals surface area contributed by atoms with Crippen LogP contribution in [-0.2, 0) is 4.79 Å². The maximum absolute atomic E-state index is 10.8. The molecular weight excluding hydrogens is 318 g/mol. The molecule has 5 nitrogen and oxygen atoms in total. The third-order valence-corrected chi connectivity index (χ3v) is 4.28. The number of nitrogens with zero attached hydrogens (tertiary/aromatic N) is 1. The summed E-state index contributed by atoms with van der Waals surface area (Å²) in [6, 6.07) is 15.1. The molecule has 1 heterocycles. The summed E-state index contributed by atoms with van der Waals surface area (Å²) in [6.07, 6.45) is 2.96. The van der Waals surface area contributed by atoms with E-state index in [2.05, 4.69) is 17.0 Å². The lowest BCUT2D eigenvalue weighted by atomic mass is 10.1. The quantitative estimate of drug-likeness (QED) is 0.848. The molecule has 1 N–H and O–H groups in total. The fraction of sp³-hybridized carbons (Fsp3) is 0.350. The number of carboxylic acids is 1. The van der Waals surface area contributed by atoms with Crippen molar-refractivity contribution >= 4 is 11.7 Å². The largest absolute Gasteiger partial charge is 0.479 e. The summed E-state index contributed by atoms with van der Waals surface area (Å²) in [4.78, 5) is 13.2. The van der Waals surface area contributed by atoms with Crippen LogP contribution in [0.15, 0.2) is 48.5 Å². The lowest BCUT2D eigenvalue weighted by Gasteiger charge is -2.28. The minimum absolute atomic E-state index is 0.502. The second-order valence-electron chi connectivity index (χ2n) is 6.21. The highest BCUT2D eigenvalue weighted by molar-refractivity contribution is 5.72. The molecule has 2 aromatic carbocycles. The number of carboxylic acid groups (broad SMARTS) is 1. The molecule has 1 aliphatic rings. The number of rotatable bonds is 6. The number of ether oxygens (including phenoxy) is 2. The Labute approximate surface area is 147 Å². The van der Waals surface area contributed by atoms with E-state index in [1.165, 1.54) is 31.9 Å². The van der Waals surface area contributed by atoms with Gasteiger partial charge in [-0.15, -0.1) is 0 Å². The third kappa shape index (κ3) is 4.66. The fourth-order valence-electron chi connectivity index (χ4n) is 2.85. The Morgan fingerprint density at radius 1 is 0.920 bits per heavy atom. The monoisotopic (exact) mass is 341 g/mol. The first-order chi connectivity index (χ1) is 12.1. The molecule has 0 spiro atoms. The molecule has 1 saturated heterocycles. The van der Waals surface area contributed by atoms with Crippen LogP contribution in [0.1, 0.15) is 26.2 Å². The summed E-state index contributed by atoms with van der Waals surface area (Å²) in [7, 11) is 0. The van der Waals surface area contributed by atoms with E-state index >= 15 is 0 Å². The highest BCUT2D eigenvalue weighted by atomic mass is 16.5. The predicted molar refractivity (Wildman–Crippen MR) is 96.7 cm³/mol. The predicted octanol–water partition coefficient (Wildman–Crippen LogP) is 4.32. The summed E-state index contributed by atoms with van der Waals surface area (Å²) in [6.45, 7) is 3.74. The minimum atomic E-state index is -0.992. The van der Waals surface area contributed by atoms with Crippen LogP contribution in [0.5, 0.6) is 17.2 Å². The molecule has 0 bridgehead atoms. The summed E-state index contributed by atoms with van der Waals surface area (Å²) < 4.78 is 11.1. The van der Waals surface area contributed by atoms with Crippen molar-refractivity contribution in [3.63, 3.8) is 0 Å². The van der Waals surface area contributed by atoms with E-state index in [9.17, 15) is 4.79 Å². The standard InChI is InChI=1S/C20H23NO4/c1-15(20(22)23)24-17-9-11-19(12-10-17)25-18-7-5-16(6-8-18)21-13-3-2-4-14-21/h5-12,15H,2-4,13-14H2,1H3,(H,22,23). The van der Waals surface area contributed by atoms with E-state index in [-0.39, 0.29) is 0 Å². The first-order valence-corrected chi connectivity index (χ1v) is 8.64. The van der Waals surface area contributed by atoms with E-state index < -0.39 is 12.1 Å². The van der Waals surface area contributed by atoms with Crippen molar-refractivity contribution in [1.82, 2.24) is 0 Å². The van der Waals surface area contributed by atoms with Crippen molar-refractivity contribution in [3.05, 3.63) is 48.5 Å². The van der Waals surface area contributed by atoms with E-state index in [1.807, 2.05) is 12.1 Å². The zero-order valence-corrected chi connectivity index (χ0v) is 14.4. The van der Waals surface area contributed by atoms with Gasteiger partial charge in [0, 0.05) is 18.8 Å². The van der Waals surface area contributed by atoms with Gasteiger partial charge in [0.2, 0.25) is 0 Å². The van der Waals surface area contributed by atoms with E-state index in [0.717, 1.165) is 18.8 Å². The molecule has 5 heteroatoms. The fourth-order valence-corrected chi connectivity index (χ4v) is 2.85. The van der Waals surface area contributed by atoms with Crippen molar-refractivity contribution in [2.45, 2.75) is 32.3 Å². The Kier molecular flexibility index (Phi) is 5.43. The van der Waals surface area contributed by atoms with Crippen LogP contribution in [0.25, 0.3) is 0 Å². The molecule has 25 heavy (non-hydrogen) atoms. The van der Waals surface area contributed by atoms with Crippen molar-refractivity contribution in [1.29, 1.82) is 0 Å². The number of carbonyl (C=O) groups is 1. The highest BCUT2D eigenvalue weighted by Crippen LogP contribution is 2.27. The average molecular weight is 341 g/mol. The number of benzene rings is 2. The van der Waals surface area contributed by atoms with Gasteiger partial charge in [-0.1, -0.05) is 0 Å². The molecule has 132 valence electrons. The van der Waals surface area contributed by atoms with Crippen LogP contribution in [0.3, 0.4) is 0 Å². The first-order valence-electron chi connectivity index (χ1n) is 8.64. The maximum atomic E-state index is 10.8. The van der Waals surface area contributed by atoms with Gasteiger partial charge in [0.1, 0.15) is 17.2 Å². The Bertz CT molecular complexity index is 691. The summed E-state index contributed by atoms with van der Waals surface area (Å²) in [5.74, 6) is 0.964. The highest BCUT2D eigenvalue weighted by Gasteiger charge is 2.13. The molecule has 0 aromatic heterocycles. The van der Waals surface area contributed by atoms with Gasteiger partial charge in [-0.25, -0.2) is 4.79 Å². The normalized spacial score (nSPS) is 15.5. The van der Waals surface area contributed by atoms with Crippen molar-refractivity contribution in [2.75, 3.05) is 18.0 Å². The first kappa shape index (κ1) is 17.1. The number of anilines is 1. The topological polar surface area (TPSA) is 59.0 Å². The maximum Gasteiger partial charge on any atom is 0.344 e. The van der Waals surface area contributed by atoms with E-state index in [1.54, 1.807) is 24.3 Å². The second kappa shape index (κ2) is 7.92. The van der Waals surface area contributed by atoms with Gasteiger partial charge in [0.05, 0.1) is 0 Å². The van der Waals surface area contributed by atoms with Crippen LogP contribution in [-0.4, -0.2) is 30.3 Å². The Hall–Kier alpha value is -2.69. The van der Waals surface area contributed by atoms with Crippen LogP contribution in [0.4, 0.5) is 5.69 Å². The molecule has 3 rings (SSSR count). The number of hydrogen-bond acceptors (Lipinski definition) is 4. The van der Waals surface area contributed by atoms with Gasteiger partial charge in [0.15, 0.2) is 6.10 Å². The van der Waals surface area contributed by atoms with Crippen LogP contribution < -0.4 is 14.4 Å². The van der Waals surface area contributed by atoms with Crippen LogP contribution in [0, 0.1) is 0 Å². The second-order valence-corrected chi connectivity index (χ2v) is 6.21. The summed E-state index contributed by atoms with van der Waals surface area (Å²) in [5.41, 5.74) is 1.23. The van der Waals surface area contributed by atoms with Gasteiger partial charge in [-0.2, -0.15) is 0 Å². The van der Waals surface area contributed by atoms with Gasteiger partial charge in [-0.05, 0) is 74.7 Å². The molecule has 2 aromatic rings. The van der Waals surface area contributed by atoms with Gasteiger partial charge < -0.3 is 19.5 Å². The zero-order valence-electron chi connectivity index (χ0n) is 14.4. The third-order valence-electron chi connectivity index (χ3n) is 4.28. The van der Waals surface area contributed by atoms with Gasteiger partial charge >= 0.3 is 5.97 Å². The summed E-state index contributed by atoms with van der Waals surface area (Å²) >= 11 is 0. The molecule has 1 unspecified atom stereocenters. The van der Waals surface area contributed by atoms with E-state index in [0.29, 0.717) is 11.5 Å². The molecule has 1 atom stereocenters. The van der Waals surface area contributed by atoms with Crippen molar-refractivity contribution in [3.8, 4) is 17.2 Å². The van der Waals surface area contributed by atoms with Gasteiger partial charge in [0.25, 0.3) is 0 Å². The molecule has 1 aliphatic heterocycles. The Morgan fingerprint density at radius 3 is 2.00 bits per heavy atom. The van der Waals surface area contributed by atoms with Crippen LogP contribution >= 0.6 is 0 Å². The lowest BCUT2D eigenvalue weighted by molar-refractivity contribution is -0.144. The van der Waals surface area contributed by atoms with E-state index in [4.69, 9.17) is 14.6 Å². The van der Waals surface area contributed by atoms with Crippen LogP contribution in [0.2, 0.25) is 0 Å². The Balaban J connectivity index is 1.59. The van der Waals surface area contributed by atoms with Gasteiger partial charge in [-0.3, -0.25) is 0 Å². The lowest BCUT2D eigenvalue weighted by Crippen LogP contribution is -2.29. The smallest absolute Gasteiger partial charge is 0.344 e. The molecule has 0 saturated carbocycles. The number of aliphatic carboxylic acids is 1. The molecule has 1 fully saturated rings. The van der Waals surface area contributed by atoms with Crippen molar-refractivity contribution in [2.24, 2.45) is 0 Å². The number of piperidine rings is 1. The average Bonchev–Trinajstić information content (AvgIpc) is 2.64. The minimum Gasteiger partial charge on any atom is -0.479 e.